The van der Waals surface area contributed by atoms with Crippen molar-refractivity contribution in [3.63, 3.8) is 0 Å². The molecule has 0 aliphatic rings. The Morgan fingerprint density at radius 3 is 2.79 bits per heavy atom. The van der Waals surface area contributed by atoms with E-state index in [-0.39, 0.29) is 5.78 Å². The molecule has 0 saturated heterocycles. The Hall–Kier alpha value is -2.49. The molecule has 0 fully saturated rings. The largest absolute Gasteiger partial charge is 0.288 e. The highest BCUT2D eigenvalue weighted by Gasteiger charge is 2.15. The first kappa shape index (κ1) is 11.6. The molecule has 94 valence electrons. The second kappa shape index (κ2) is 4.31. The summed E-state index contributed by atoms with van der Waals surface area (Å²) in [6.45, 7) is 1.84. The second-order valence-corrected chi connectivity index (χ2v) is 4.55. The molecule has 4 nitrogen and oxygen atoms in total. The van der Waals surface area contributed by atoms with Gasteiger partial charge in [0.15, 0.2) is 5.78 Å². The van der Waals surface area contributed by atoms with Gasteiger partial charge in [0, 0.05) is 30.4 Å². The van der Waals surface area contributed by atoms with E-state index in [2.05, 4.69) is 10.1 Å². The molecule has 0 aliphatic heterocycles. The number of ketones is 1. The van der Waals surface area contributed by atoms with Gasteiger partial charge in [0.25, 0.3) is 0 Å². The summed E-state index contributed by atoms with van der Waals surface area (Å²) in [5.41, 5.74) is 2.84. The van der Waals surface area contributed by atoms with Crippen molar-refractivity contribution < 1.29 is 4.79 Å². The van der Waals surface area contributed by atoms with Crippen LogP contribution in [-0.2, 0) is 7.05 Å². The minimum atomic E-state index is -0.0381. The van der Waals surface area contributed by atoms with Gasteiger partial charge >= 0.3 is 0 Å². The fourth-order valence-corrected chi connectivity index (χ4v) is 2.17. The highest BCUT2D eigenvalue weighted by atomic mass is 16.1. The summed E-state index contributed by atoms with van der Waals surface area (Å²) in [6, 6.07) is 9.63. The molecule has 0 N–H and O–H groups in total. The highest BCUT2D eigenvalue weighted by Crippen LogP contribution is 2.17. The van der Waals surface area contributed by atoms with Gasteiger partial charge in [-0.25, -0.2) is 0 Å². The third-order valence-corrected chi connectivity index (χ3v) is 3.11. The number of nitrogens with zero attached hydrogens (tertiary/aromatic N) is 3. The average molecular weight is 251 g/mol. The molecule has 0 radical (unpaired) electrons. The molecule has 0 atom stereocenters. The Kier molecular flexibility index (Phi) is 2.63. The molecular weight excluding hydrogens is 238 g/mol. The molecule has 0 spiro atoms. The maximum Gasteiger partial charge on any atom is 0.198 e. The molecular formula is C15H13N3O. The Morgan fingerprint density at radius 1 is 1.26 bits per heavy atom. The van der Waals surface area contributed by atoms with Crippen molar-refractivity contribution in [3.8, 4) is 0 Å². The minimum absolute atomic E-state index is 0.0381. The van der Waals surface area contributed by atoms with Crippen molar-refractivity contribution >= 4 is 16.7 Å². The van der Waals surface area contributed by atoms with Crippen LogP contribution in [-0.4, -0.2) is 20.5 Å². The summed E-state index contributed by atoms with van der Waals surface area (Å²) in [4.78, 5) is 16.7. The van der Waals surface area contributed by atoms with E-state index in [1.165, 1.54) is 0 Å². The summed E-state index contributed by atoms with van der Waals surface area (Å²) in [7, 11) is 1.81. The first-order valence-corrected chi connectivity index (χ1v) is 6.05. The smallest absolute Gasteiger partial charge is 0.198 e. The predicted octanol–water partition coefficient (Wildman–Crippen LogP) is 2.51. The number of benzene rings is 1. The van der Waals surface area contributed by atoms with Crippen LogP contribution >= 0.6 is 0 Å². The van der Waals surface area contributed by atoms with E-state index in [4.69, 9.17) is 0 Å². The molecule has 0 amide bonds. The molecule has 3 aromatic rings. The number of aromatic nitrogens is 3. The molecule has 2 aromatic heterocycles. The standard InChI is InChI=1S/C15H13N3O/c1-10-13(9-18(2)17-10)15(19)12-7-11-5-3-4-6-14(11)16-8-12/h3-9H,1-2H3. The zero-order chi connectivity index (χ0) is 13.4. The topological polar surface area (TPSA) is 47.8 Å². The van der Waals surface area contributed by atoms with Crippen molar-refractivity contribution in [3.05, 3.63) is 59.5 Å². The fourth-order valence-electron chi connectivity index (χ4n) is 2.17. The fraction of sp³-hybridized carbons (Fsp3) is 0.133. The third kappa shape index (κ3) is 2.01. The lowest BCUT2D eigenvalue weighted by molar-refractivity contribution is 0.103. The number of hydrogen-bond acceptors (Lipinski definition) is 3. The van der Waals surface area contributed by atoms with E-state index >= 15 is 0 Å². The number of fused-ring (bicyclic) bond motifs is 1. The van der Waals surface area contributed by atoms with Crippen molar-refractivity contribution in [1.29, 1.82) is 0 Å². The van der Waals surface area contributed by atoms with E-state index in [1.54, 1.807) is 17.1 Å². The number of pyridine rings is 1. The van der Waals surface area contributed by atoms with Gasteiger partial charge in [-0.3, -0.25) is 14.5 Å². The predicted molar refractivity (Wildman–Crippen MR) is 73.1 cm³/mol. The normalized spacial score (nSPS) is 10.8. The first-order valence-electron chi connectivity index (χ1n) is 6.05. The maximum absolute atomic E-state index is 12.4. The van der Waals surface area contributed by atoms with Gasteiger partial charge in [0.05, 0.1) is 16.8 Å². The van der Waals surface area contributed by atoms with E-state index in [0.717, 1.165) is 16.6 Å². The van der Waals surface area contributed by atoms with Crippen molar-refractivity contribution in [1.82, 2.24) is 14.8 Å². The van der Waals surface area contributed by atoms with Crippen LogP contribution in [0.2, 0.25) is 0 Å². The molecule has 19 heavy (non-hydrogen) atoms. The van der Waals surface area contributed by atoms with Gasteiger partial charge in [-0.05, 0) is 19.1 Å². The summed E-state index contributed by atoms with van der Waals surface area (Å²) >= 11 is 0. The van der Waals surface area contributed by atoms with E-state index in [0.29, 0.717) is 11.1 Å². The zero-order valence-electron chi connectivity index (χ0n) is 10.8. The van der Waals surface area contributed by atoms with Gasteiger partial charge in [0.1, 0.15) is 0 Å². The molecule has 4 heteroatoms. The van der Waals surface area contributed by atoms with E-state index in [9.17, 15) is 4.79 Å². The monoisotopic (exact) mass is 251 g/mol. The Morgan fingerprint density at radius 2 is 2.05 bits per heavy atom. The molecule has 0 bridgehead atoms. The summed E-state index contributed by atoms with van der Waals surface area (Å²) in [6.07, 6.45) is 3.37. The van der Waals surface area contributed by atoms with Gasteiger partial charge in [0.2, 0.25) is 0 Å². The SMILES string of the molecule is Cc1nn(C)cc1C(=O)c1cnc2ccccc2c1. The van der Waals surface area contributed by atoms with Gasteiger partial charge in [-0.2, -0.15) is 5.10 Å². The lowest BCUT2D eigenvalue weighted by Crippen LogP contribution is -2.02. The minimum Gasteiger partial charge on any atom is -0.288 e. The van der Waals surface area contributed by atoms with Gasteiger partial charge in [-0.1, -0.05) is 18.2 Å². The second-order valence-electron chi connectivity index (χ2n) is 4.55. The van der Waals surface area contributed by atoms with Crippen LogP contribution in [0.25, 0.3) is 10.9 Å². The lowest BCUT2D eigenvalue weighted by Gasteiger charge is -2.01. The quantitative estimate of drug-likeness (QED) is 0.657. The van der Waals surface area contributed by atoms with Crippen LogP contribution in [0.15, 0.2) is 42.7 Å². The number of hydrogen-bond donors (Lipinski definition) is 0. The highest BCUT2D eigenvalue weighted by molar-refractivity contribution is 6.10. The number of carbonyl (C=O) groups excluding carboxylic acids is 1. The van der Waals surface area contributed by atoms with Crippen LogP contribution in [0.3, 0.4) is 0 Å². The molecule has 0 aliphatic carbocycles. The van der Waals surface area contributed by atoms with Crippen molar-refractivity contribution in [2.24, 2.45) is 7.05 Å². The third-order valence-electron chi connectivity index (χ3n) is 3.11. The molecule has 3 rings (SSSR count). The van der Waals surface area contributed by atoms with Crippen molar-refractivity contribution in [2.75, 3.05) is 0 Å². The zero-order valence-corrected chi connectivity index (χ0v) is 10.8. The summed E-state index contributed by atoms with van der Waals surface area (Å²) in [5.74, 6) is -0.0381. The van der Waals surface area contributed by atoms with Gasteiger partial charge in [-0.15, -0.1) is 0 Å². The molecule has 0 saturated carbocycles. The van der Waals surface area contributed by atoms with Crippen LogP contribution in [0, 0.1) is 6.92 Å². The first-order chi connectivity index (χ1) is 9.15. The van der Waals surface area contributed by atoms with Crippen LogP contribution in [0.1, 0.15) is 21.6 Å². The van der Waals surface area contributed by atoms with Crippen LogP contribution < -0.4 is 0 Å². The molecule has 1 aromatic carbocycles. The number of carbonyl (C=O) groups is 1. The Balaban J connectivity index is 2.09. The molecule has 2 heterocycles. The van der Waals surface area contributed by atoms with Crippen molar-refractivity contribution in [2.45, 2.75) is 6.92 Å². The number of rotatable bonds is 2. The number of para-hydroxylation sites is 1. The maximum atomic E-state index is 12.4. The lowest BCUT2D eigenvalue weighted by atomic mass is 10.0. The van der Waals surface area contributed by atoms with E-state index < -0.39 is 0 Å². The summed E-state index contributed by atoms with van der Waals surface area (Å²) < 4.78 is 1.65. The van der Waals surface area contributed by atoms with Gasteiger partial charge < -0.3 is 0 Å². The van der Waals surface area contributed by atoms with Crippen LogP contribution in [0.4, 0.5) is 0 Å². The summed E-state index contributed by atoms with van der Waals surface area (Å²) in [5, 5.41) is 5.16. The van der Waals surface area contributed by atoms with E-state index in [1.807, 2.05) is 44.3 Å². The van der Waals surface area contributed by atoms with Crippen LogP contribution in [0.5, 0.6) is 0 Å². The number of aryl methyl sites for hydroxylation is 2. The Labute approximate surface area is 110 Å². The molecule has 0 unspecified atom stereocenters. The Bertz CT molecular complexity index is 774. The average Bonchev–Trinajstić information content (AvgIpc) is 2.76.